The summed E-state index contributed by atoms with van der Waals surface area (Å²) in [5.74, 6) is 0.00523. The van der Waals surface area contributed by atoms with Crippen molar-refractivity contribution in [3.63, 3.8) is 0 Å². The Kier molecular flexibility index (Phi) is 4.40. The minimum atomic E-state index is -0.688. The molecule has 3 nitrogen and oxygen atoms in total. The summed E-state index contributed by atoms with van der Waals surface area (Å²) in [7, 11) is 0. The van der Waals surface area contributed by atoms with Crippen molar-refractivity contribution in [1.82, 2.24) is 0 Å². The van der Waals surface area contributed by atoms with Gasteiger partial charge in [0.2, 0.25) is 0 Å². The van der Waals surface area contributed by atoms with Gasteiger partial charge < -0.3 is 9.84 Å². The lowest BCUT2D eigenvalue weighted by atomic mass is 10.0. The van der Waals surface area contributed by atoms with E-state index in [1.165, 1.54) is 0 Å². The first kappa shape index (κ1) is 11.0. The first-order chi connectivity index (χ1) is 6.74. The molecule has 1 rings (SSSR count). The lowest BCUT2D eigenvalue weighted by Crippen LogP contribution is -2.30. The van der Waals surface area contributed by atoms with Crippen LogP contribution >= 0.6 is 0 Å². The molecule has 0 aromatic heterocycles. The Morgan fingerprint density at radius 3 is 3.14 bits per heavy atom. The van der Waals surface area contributed by atoms with E-state index < -0.39 is 6.10 Å². The van der Waals surface area contributed by atoms with Crippen LogP contribution in [0.4, 0.5) is 0 Å². The molecule has 1 heterocycles. The standard InChI is InChI=1S/C11H16O3/c1-2-5-9(12)8-10(13)11-6-3-4-7-14-11/h2,4,7,10-11,13H,1,3,5-6,8H2. The quantitative estimate of drug-likeness (QED) is 0.679. The number of ether oxygens (including phenoxy) is 1. The molecule has 2 atom stereocenters. The van der Waals surface area contributed by atoms with Crippen LogP contribution in [-0.4, -0.2) is 23.1 Å². The summed E-state index contributed by atoms with van der Waals surface area (Å²) in [5.41, 5.74) is 0. The maximum atomic E-state index is 11.2. The number of Topliss-reactive ketones (excluding diaryl/α,β-unsaturated/α-hetero) is 1. The highest BCUT2D eigenvalue weighted by molar-refractivity contribution is 5.80. The smallest absolute Gasteiger partial charge is 0.139 e. The van der Waals surface area contributed by atoms with Gasteiger partial charge in [-0.1, -0.05) is 6.08 Å². The number of aliphatic hydroxyl groups is 1. The molecule has 0 aromatic carbocycles. The number of ketones is 1. The van der Waals surface area contributed by atoms with Crippen LogP contribution in [0.2, 0.25) is 0 Å². The van der Waals surface area contributed by atoms with Crippen LogP contribution in [0.5, 0.6) is 0 Å². The summed E-state index contributed by atoms with van der Waals surface area (Å²) in [6.45, 7) is 3.48. The lowest BCUT2D eigenvalue weighted by molar-refractivity contribution is -0.122. The van der Waals surface area contributed by atoms with Gasteiger partial charge in [-0.05, 0) is 18.9 Å². The zero-order valence-corrected chi connectivity index (χ0v) is 8.19. The molecule has 0 aliphatic carbocycles. The monoisotopic (exact) mass is 196 g/mol. The zero-order chi connectivity index (χ0) is 10.4. The fraction of sp³-hybridized carbons (Fsp3) is 0.545. The van der Waals surface area contributed by atoms with Crippen molar-refractivity contribution in [2.24, 2.45) is 0 Å². The number of allylic oxidation sites excluding steroid dienone is 2. The summed E-state index contributed by atoms with van der Waals surface area (Å²) in [4.78, 5) is 11.2. The maximum Gasteiger partial charge on any atom is 0.139 e. The van der Waals surface area contributed by atoms with Gasteiger partial charge in [-0.15, -0.1) is 6.58 Å². The summed E-state index contributed by atoms with van der Waals surface area (Å²) >= 11 is 0. The lowest BCUT2D eigenvalue weighted by Gasteiger charge is -2.23. The van der Waals surface area contributed by atoms with Gasteiger partial charge in [-0.25, -0.2) is 0 Å². The van der Waals surface area contributed by atoms with Gasteiger partial charge in [0.1, 0.15) is 11.9 Å². The van der Waals surface area contributed by atoms with Crippen LogP contribution in [-0.2, 0) is 9.53 Å². The third kappa shape index (κ3) is 3.34. The van der Waals surface area contributed by atoms with Gasteiger partial charge in [-0.3, -0.25) is 4.79 Å². The molecule has 0 fully saturated rings. The third-order valence-electron chi connectivity index (χ3n) is 2.21. The minimum absolute atomic E-state index is 0.00523. The highest BCUT2D eigenvalue weighted by Crippen LogP contribution is 2.16. The van der Waals surface area contributed by atoms with Gasteiger partial charge in [0.25, 0.3) is 0 Å². The Balaban J connectivity index is 2.33. The van der Waals surface area contributed by atoms with Gasteiger partial charge in [0, 0.05) is 12.8 Å². The summed E-state index contributed by atoms with van der Waals surface area (Å²) in [6.07, 6.45) is 6.29. The Morgan fingerprint density at radius 2 is 2.57 bits per heavy atom. The predicted octanol–water partition coefficient (Wildman–Crippen LogP) is 1.58. The van der Waals surface area contributed by atoms with Crippen molar-refractivity contribution in [3.05, 3.63) is 25.0 Å². The SMILES string of the molecule is C=CCC(=O)CC(O)C1CCC=CO1. The molecule has 3 heteroatoms. The molecule has 1 N–H and O–H groups in total. The second kappa shape index (κ2) is 5.60. The van der Waals surface area contributed by atoms with E-state index in [1.807, 2.05) is 6.08 Å². The molecular weight excluding hydrogens is 180 g/mol. The van der Waals surface area contributed by atoms with E-state index in [2.05, 4.69) is 6.58 Å². The van der Waals surface area contributed by atoms with E-state index in [9.17, 15) is 9.90 Å². The van der Waals surface area contributed by atoms with Crippen molar-refractivity contribution in [2.45, 2.75) is 37.9 Å². The number of hydrogen-bond donors (Lipinski definition) is 1. The Morgan fingerprint density at radius 1 is 1.79 bits per heavy atom. The van der Waals surface area contributed by atoms with Crippen LogP contribution in [0.25, 0.3) is 0 Å². The molecule has 0 bridgehead atoms. The van der Waals surface area contributed by atoms with Crippen LogP contribution in [0, 0.1) is 0 Å². The topological polar surface area (TPSA) is 46.5 Å². The number of rotatable bonds is 5. The highest BCUT2D eigenvalue weighted by atomic mass is 16.5. The Labute approximate surface area is 84.1 Å². The highest BCUT2D eigenvalue weighted by Gasteiger charge is 2.22. The van der Waals surface area contributed by atoms with Crippen LogP contribution in [0.1, 0.15) is 25.7 Å². The Hall–Kier alpha value is -1.09. The van der Waals surface area contributed by atoms with E-state index in [0.717, 1.165) is 12.8 Å². The van der Waals surface area contributed by atoms with Crippen molar-refractivity contribution < 1.29 is 14.6 Å². The number of hydrogen-bond acceptors (Lipinski definition) is 3. The molecule has 2 unspecified atom stereocenters. The molecule has 0 saturated heterocycles. The van der Waals surface area contributed by atoms with Gasteiger partial charge in [0.05, 0.1) is 12.4 Å². The van der Waals surface area contributed by atoms with E-state index in [4.69, 9.17) is 4.74 Å². The number of carbonyl (C=O) groups excluding carboxylic acids is 1. The van der Waals surface area contributed by atoms with E-state index in [-0.39, 0.29) is 18.3 Å². The molecular formula is C11H16O3. The van der Waals surface area contributed by atoms with Crippen molar-refractivity contribution >= 4 is 5.78 Å². The second-order valence-electron chi connectivity index (χ2n) is 3.43. The zero-order valence-electron chi connectivity index (χ0n) is 8.19. The number of carbonyl (C=O) groups is 1. The normalized spacial score (nSPS) is 22.5. The molecule has 1 aliphatic heterocycles. The number of aliphatic hydroxyl groups excluding tert-OH is 1. The van der Waals surface area contributed by atoms with Gasteiger partial charge >= 0.3 is 0 Å². The molecule has 0 spiro atoms. The van der Waals surface area contributed by atoms with Crippen molar-refractivity contribution in [1.29, 1.82) is 0 Å². The van der Waals surface area contributed by atoms with Crippen LogP contribution in [0.3, 0.4) is 0 Å². The first-order valence-electron chi connectivity index (χ1n) is 4.85. The molecule has 1 aliphatic rings. The predicted molar refractivity (Wildman–Crippen MR) is 53.7 cm³/mol. The Bertz CT molecular complexity index is 233. The second-order valence-corrected chi connectivity index (χ2v) is 3.43. The fourth-order valence-corrected chi connectivity index (χ4v) is 1.45. The molecule has 0 saturated carbocycles. The average Bonchev–Trinajstić information content (AvgIpc) is 2.19. The van der Waals surface area contributed by atoms with Gasteiger partial charge in [0.15, 0.2) is 0 Å². The largest absolute Gasteiger partial charge is 0.496 e. The van der Waals surface area contributed by atoms with E-state index in [1.54, 1.807) is 12.3 Å². The summed E-state index contributed by atoms with van der Waals surface area (Å²) in [6, 6.07) is 0. The molecule has 0 amide bonds. The fourth-order valence-electron chi connectivity index (χ4n) is 1.45. The van der Waals surface area contributed by atoms with E-state index in [0.29, 0.717) is 6.42 Å². The summed E-state index contributed by atoms with van der Waals surface area (Å²) < 4.78 is 5.21. The molecule has 78 valence electrons. The average molecular weight is 196 g/mol. The van der Waals surface area contributed by atoms with Crippen molar-refractivity contribution in [2.75, 3.05) is 0 Å². The molecule has 0 aromatic rings. The minimum Gasteiger partial charge on any atom is -0.496 e. The van der Waals surface area contributed by atoms with Crippen LogP contribution in [0.15, 0.2) is 25.0 Å². The molecule has 0 radical (unpaired) electrons. The summed E-state index contributed by atoms with van der Waals surface area (Å²) in [5, 5.41) is 9.66. The molecule has 14 heavy (non-hydrogen) atoms. The third-order valence-corrected chi connectivity index (χ3v) is 2.21. The first-order valence-corrected chi connectivity index (χ1v) is 4.85. The van der Waals surface area contributed by atoms with Crippen LogP contribution < -0.4 is 0 Å². The van der Waals surface area contributed by atoms with Gasteiger partial charge in [-0.2, -0.15) is 0 Å². The van der Waals surface area contributed by atoms with E-state index >= 15 is 0 Å². The van der Waals surface area contributed by atoms with Crippen molar-refractivity contribution in [3.8, 4) is 0 Å². The maximum absolute atomic E-state index is 11.2.